The number of nitrogens with two attached hydrogens (primary N) is 2. The van der Waals surface area contributed by atoms with Crippen LogP contribution in [0.1, 0.15) is 5.56 Å². The third-order valence-corrected chi connectivity index (χ3v) is 5.21. The lowest BCUT2D eigenvalue weighted by Crippen LogP contribution is -2.36. The van der Waals surface area contributed by atoms with Crippen LogP contribution in [-0.4, -0.2) is 37.1 Å². The molecule has 0 atom stereocenters. The van der Waals surface area contributed by atoms with Gasteiger partial charge >= 0.3 is 0 Å². The molecular formula is C20H21N5OS. The predicted molar refractivity (Wildman–Crippen MR) is 112 cm³/mol. The van der Waals surface area contributed by atoms with Crippen LogP contribution in [0.15, 0.2) is 58.3 Å². The molecule has 7 heteroatoms. The first-order valence-electron chi connectivity index (χ1n) is 8.77. The quantitative estimate of drug-likeness (QED) is 0.536. The van der Waals surface area contributed by atoms with E-state index in [1.165, 1.54) is 0 Å². The van der Waals surface area contributed by atoms with Crippen molar-refractivity contribution in [1.82, 2.24) is 4.98 Å². The van der Waals surface area contributed by atoms with Gasteiger partial charge in [-0.05, 0) is 52.2 Å². The Labute approximate surface area is 162 Å². The van der Waals surface area contributed by atoms with E-state index in [0.717, 1.165) is 48.8 Å². The zero-order valence-electron chi connectivity index (χ0n) is 14.8. The average Bonchev–Trinajstić information content (AvgIpc) is 3.23. The maximum Gasteiger partial charge on any atom is 0.135 e. The summed E-state index contributed by atoms with van der Waals surface area (Å²) in [6.07, 6.45) is 1.69. The standard InChI is InChI=1S/C20H21N5OS/c21-19-18(17(4-6-23-19)14-5-11-27-13-14)20(22)24-15-2-1-3-16(12-15)25-7-9-26-10-8-25/h1-6,11-13H,7-10H2,(H2,21,23)(H2,22,24). The first-order chi connectivity index (χ1) is 13.2. The second-order valence-electron chi connectivity index (χ2n) is 6.25. The number of thiophene rings is 1. The van der Waals surface area contributed by atoms with Gasteiger partial charge < -0.3 is 21.1 Å². The Morgan fingerprint density at radius 2 is 2.04 bits per heavy atom. The summed E-state index contributed by atoms with van der Waals surface area (Å²) in [6.45, 7) is 3.23. The third kappa shape index (κ3) is 3.79. The molecule has 1 aromatic carbocycles. The monoisotopic (exact) mass is 379 g/mol. The molecule has 1 saturated heterocycles. The maximum atomic E-state index is 6.36. The number of hydrogen-bond acceptors (Lipinski definition) is 6. The van der Waals surface area contributed by atoms with Gasteiger partial charge in [0.25, 0.3) is 0 Å². The Balaban J connectivity index is 1.69. The molecule has 3 heterocycles. The molecule has 3 aromatic rings. The molecule has 0 unspecified atom stereocenters. The number of hydrogen-bond donors (Lipinski definition) is 2. The largest absolute Gasteiger partial charge is 0.383 e. The molecule has 0 aliphatic carbocycles. The first kappa shape index (κ1) is 17.5. The molecule has 4 rings (SSSR count). The molecule has 2 aromatic heterocycles. The van der Waals surface area contributed by atoms with Crippen LogP contribution < -0.4 is 16.4 Å². The highest BCUT2D eigenvalue weighted by molar-refractivity contribution is 7.08. The minimum Gasteiger partial charge on any atom is -0.383 e. The van der Waals surface area contributed by atoms with Crippen molar-refractivity contribution < 1.29 is 4.74 Å². The summed E-state index contributed by atoms with van der Waals surface area (Å²) in [5.41, 5.74) is 17.1. The summed E-state index contributed by atoms with van der Waals surface area (Å²) in [5.74, 6) is 0.741. The molecule has 0 radical (unpaired) electrons. The van der Waals surface area contributed by atoms with Crippen molar-refractivity contribution in [2.24, 2.45) is 10.7 Å². The van der Waals surface area contributed by atoms with Crippen LogP contribution in [0.5, 0.6) is 0 Å². The number of amidine groups is 1. The van der Waals surface area contributed by atoms with Gasteiger partial charge in [-0.2, -0.15) is 11.3 Å². The van der Waals surface area contributed by atoms with Crippen LogP contribution >= 0.6 is 11.3 Å². The number of rotatable bonds is 4. The van der Waals surface area contributed by atoms with Gasteiger partial charge in [0.05, 0.1) is 24.5 Å². The van der Waals surface area contributed by atoms with E-state index >= 15 is 0 Å². The van der Waals surface area contributed by atoms with E-state index in [2.05, 4.69) is 26.3 Å². The molecule has 138 valence electrons. The van der Waals surface area contributed by atoms with Gasteiger partial charge in [-0.15, -0.1) is 0 Å². The highest BCUT2D eigenvalue weighted by atomic mass is 32.1. The Morgan fingerprint density at radius 3 is 2.81 bits per heavy atom. The summed E-state index contributed by atoms with van der Waals surface area (Å²) in [4.78, 5) is 11.1. The molecule has 0 spiro atoms. The van der Waals surface area contributed by atoms with Crippen molar-refractivity contribution in [3.05, 3.63) is 58.9 Å². The van der Waals surface area contributed by atoms with Crippen molar-refractivity contribution in [3.63, 3.8) is 0 Å². The Hall–Kier alpha value is -2.90. The number of ether oxygens (including phenoxy) is 1. The third-order valence-electron chi connectivity index (χ3n) is 4.52. The number of benzene rings is 1. The molecule has 0 amide bonds. The fraction of sp³-hybridized carbons (Fsp3) is 0.200. The van der Waals surface area contributed by atoms with Gasteiger partial charge in [-0.1, -0.05) is 6.07 Å². The Bertz CT molecular complexity index is 949. The van der Waals surface area contributed by atoms with Crippen LogP contribution in [0.2, 0.25) is 0 Å². The number of anilines is 2. The van der Waals surface area contributed by atoms with Crippen LogP contribution in [0.4, 0.5) is 17.2 Å². The zero-order valence-corrected chi connectivity index (χ0v) is 15.7. The summed E-state index contributed by atoms with van der Waals surface area (Å²) >= 11 is 1.62. The van der Waals surface area contributed by atoms with E-state index in [4.69, 9.17) is 16.2 Å². The molecule has 1 aliphatic heterocycles. The molecular weight excluding hydrogens is 358 g/mol. The summed E-state index contributed by atoms with van der Waals surface area (Å²) in [7, 11) is 0. The van der Waals surface area contributed by atoms with E-state index in [9.17, 15) is 0 Å². The molecule has 0 bridgehead atoms. The second kappa shape index (κ2) is 7.77. The molecule has 0 saturated carbocycles. The average molecular weight is 379 g/mol. The van der Waals surface area contributed by atoms with Gasteiger partial charge in [-0.25, -0.2) is 9.98 Å². The van der Waals surface area contributed by atoms with Crippen molar-refractivity contribution in [3.8, 4) is 11.1 Å². The highest BCUT2D eigenvalue weighted by Gasteiger charge is 2.15. The lowest BCUT2D eigenvalue weighted by molar-refractivity contribution is 0.122. The topological polar surface area (TPSA) is 89.8 Å². The number of aliphatic imine (C=N–C) groups is 1. The van der Waals surface area contributed by atoms with Crippen LogP contribution in [0.25, 0.3) is 11.1 Å². The molecule has 1 fully saturated rings. The Morgan fingerprint density at radius 1 is 1.19 bits per heavy atom. The highest BCUT2D eigenvalue weighted by Crippen LogP contribution is 2.29. The van der Waals surface area contributed by atoms with Gasteiger partial charge in [-0.3, -0.25) is 0 Å². The van der Waals surface area contributed by atoms with Crippen molar-refractivity contribution >= 4 is 34.4 Å². The fourth-order valence-corrected chi connectivity index (χ4v) is 3.84. The van der Waals surface area contributed by atoms with Gasteiger partial charge in [0, 0.05) is 25.0 Å². The van der Waals surface area contributed by atoms with Gasteiger partial charge in [0.2, 0.25) is 0 Å². The number of aromatic nitrogens is 1. The second-order valence-corrected chi connectivity index (χ2v) is 7.03. The van der Waals surface area contributed by atoms with E-state index in [1.54, 1.807) is 17.5 Å². The predicted octanol–water partition coefficient (Wildman–Crippen LogP) is 3.27. The van der Waals surface area contributed by atoms with Crippen LogP contribution in [-0.2, 0) is 4.74 Å². The smallest absolute Gasteiger partial charge is 0.135 e. The van der Waals surface area contributed by atoms with Crippen LogP contribution in [0, 0.1) is 0 Å². The number of nitrogens with zero attached hydrogens (tertiary/aromatic N) is 3. The lowest BCUT2D eigenvalue weighted by Gasteiger charge is -2.28. The summed E-state index contributed by atoms with van der Waals surface area (Å²) < 4.78 is 5.43. The van der Waals surface area contributed by atoms with E-state index in [1.807, 2.05) is 35.7 Å². The molecule has 1 aliphatic rings. The fourth-order valence-electron chi connectivity index (χ4n) is 3.18. The van der Waals surface area contributed by atoms with Gasteiger partial charge in [0.1, 0.15) is 11.7 Å². The van der Waals surface area contributed by atoms with Crippen molar-refractivity contribution in [2.45, 2.75) is 0 Å². The first-order valence-corrected chi connectivity index (χ1v) is 9.71. The van der Waals surface area contributed by atoms with Crippen LogP contribution in [0.3, 0.4) is 0 Å². The molecule has 6 nitrogen and oxygen atoms in total. The van der Waals surface area contributed by atoms with Gasteiger partial charge in [0.15, 0.2) is 0 Å². The summed E-state index contributed by atoms with van der Waals surface area (Å²) in [6, 6.07) is 12.0. The normalized spacial score (nSPS) is 15.1. The lowest BCUT2D eigenvalue weighted by atomic mass is 10.0. The van der Waals surface area contributed by atoms with E-state index < -0.39 is 0 Å². The molecule has 27 heavy (non-hydrogen) atoms. The van der Waals surface area contributed by atoms with E-state index in [0.29, 0.717) is 17.2 Å². The maximum absolute atomic E-state index is 6.36. The SMILES string of the molecule is NC(=Nc1cccc(N2CCOCC2)c1)c1c(-c2ccsc2)ccnc1N. The number of pyridine rings is 1. The zero-order chi connectivity index (χ0) is 18.6. The number of nitrogen functional groups attached to an aromatic ring is 1. The van der Waals surface area contributed by atoms with E-state index in [-0.39, 0.29) is 0 Å². The number of morpholine rings is 1. The minimum absolute atomic E-state index is 0.362. The van der Waals surface area contributed by atoms with Crippen molar-refractivity contribution in [1.29, 1.82) is 0 Å². The van der Waals surface area contributed by atoms with Crippen molar-refractivity contribution in [2.75, 3.05) is 36.9 Å². The summed E-state index contributed by atoms with van der Waals surface area (Å²) in [5, 5.41) is 4.08. The molecule has 4 N–H and O–H groups in total. The Kier molecular flexibility index (Phi) is 5.04. The minimum atomic E-state index is 0.362.